The Balaban J connectivity index is 1.78. The molecule has 0 aromatic heterocycles. The van der Waals surface area contributed by atoms with Gasteiger partial charge in [0, 0.05) is 40.9 Å². The second kappa shape index (κ2) is 6.44. The molecule has 0 saturated heterocycles. The molecule has 0 bridgehead atoms. The largest absolute Gasteiger partial charge is 0.508 e. The number of hydrogen-bond acceptors (Lipinski definition) is 5. The number of carbonyl (C=O) groups is 1. The number of Topliss-reactive ketones (excluding diaryl/α,β-unsaturated/α-hetero) is 1. The molecule has 0 saturated carbocycles. The molecule has 29 heavy (non-hydrogen) atoms. The summed E-state index contributed by atoms with van der Waals surface area (Å²) in [6.07, 6.45) is 1.97. The molecule has 0 unspecified atom stereocenters. The molecule has 3 aromatic carbocycles. The van der Waals surface area contributed by atoms with Crippen LogP contribution in [0.5, 0.6) is 5.75 Å². The summed E-state index contributed by atoms with van der Waals surface area (Å²) < 4.78 is 0. The van der Waals surface area contributed by atoms with E-state index in [1.807, 2.05) is 36.4 Å². The van der Waals surface area contributed by atoms with Gasteiger partial charge in [0.1, 0.15) is 5.75 Å². The number of carbonyl (C=O) groups excluding carboxylic acids is 1. The molecule has 5 rings (SSSR count). The number of benzene rings is 3. The highest BCUT2D eigenvalue weighted by Crippen LogP contribution is 2.49. The van der Waals surface area contributed by atoms with Crippen molar-refractivity contribution in [2.75, 3.05) is 5.32 Å². The van der Waals surface area contributed by atoms with E-state index in [-0.39, 0.29) is 17.2 Å². The summed E-state index contributed by atoms with van der Waals surface area (Å²) in [5.74, 6) is -0.0456. The maximum atomic E-state index is 13.0. The summed E-state index contributed by atoms with van der Waals surface area (Å²) in [5.41, 5.74) is 3.70. The number of hydrogen-bond donors (Lipinski definition) is 2. The second-order valence-electron chi connectivity index (χ2n) is 7.46. The van der Waals surface area contributed by atoms with Crippen LogP contribution in [0.15, 0.2) is 60.2 Å². The molecular formula is C23H18N2O4. The van der Waals surface area contributed by atoms with Crippen molar-refractivity contribution in [3.05, 3.63) is 81.4 Å². The molecule has 6 nitrogen and oxygen atoms in total. The van der Waals surface area contributed by atoms with Crippen molar-refractivity contribution in [3.8, 4) is 5.75 Å². The maximum Gasteiger partial charge on any atom is 0.270 e. The first-order valence-corrected chi connectivity index (χ1v) is 9.57. The SMILES string of the molecule is O=C1CCCC2=C1[C@@H](c1cc([N+](=O)[O-])ccc1O)Nc1ccc3ccccc3c12. The highest BCUT2D eigenvalue weighted by atomic mass is 16.6. The quantitative estimate of drug-likeness (QED) is 0.471. The fourth-order valence-electron chi connectivity index (χ4n) is 4.52. The van der Waals surface area contributed by atoms with Gasteiger partial charge in [-0.3, -0.25) is 14.9 Å². The van der Waals surface area contributed by atoms with Gasteiger partial charge in [0.25, 0.3) is 5.69 Å². The zero-order valence-corrected chi connectivity index (χ0v) is 15.5. The number of fused-ring (bicyclic) bond motifs is 4. The fourth-order valence-corrected chi connectivity index (χ4v) is 4.52. The first-order chi connectivity index (χ1) is 14.0. The molecule has 1 aliphatic heterocycles. The van der Waals surface area contributed by atoms with Crippen molar-refractivity contribution in [1.29, 1.82) is 0 Å². The van der Waals surface area contributed by atoms with E-state index in [0.29, 0.717) is 17.6 Å². The molecule has 6 heteroatoms. The van der Waals surface area contributed by atoms with Gasteiger partial charge in [0.15, 0.2) is 5.78 Å². The first-order valence-electron chi connectivity index (χ1n) is 9.57. The van der Waals surface area contributed by atoms with Crippen molar-refractivity contribution >= 4 is 33.5 Å². The Hall–Kier alpha value is -3.67. The molecule has 1 atom stereocenters. The summed E-state index contributed by atoms with van der Waals surface area (Å²) in [6.45, 7) is 0. The van der Waals surface area contributed by atoms with Gasteiger partial charge in [-0.25, -0.2) is 0 Å². The minimum atomic E-state index is -0.619. The number of ketones is 1. The number of phenolic OH excluding ortho intramolecular Hbond substituents is 1. The predicted octanol–water partition coefficient (Wildman–Crippen LogP) is 5.13. The van der Waals surface area contributed by atoms with Gasteiger partial charge in [0.2, 0.25) is 0 Å². The number of nitro groups is 1. The van der Waals surface area contributed by atoms with Gasteiger partial charge < -0.3 is 10.4 Å². The molecule has 1 heterocycles. The highest BCUT2D eigenvalue weighted by molar-refractivity contribution is 6.12. The third-order valence-corrected chi connectivity index (χ3v) is 5.81. The van der Waals surface area contributed by atoms with Crippen LogP contribution < -0.4 is 5.32 Å². The summed E-state index contributed by atoms with van der Waals surface area (Å²) in [7, 11) is 0. The number of allylic oxidation sites excluding steroid dienone is 1. The standard InChI is InChI=1S/C23H18N2O4/c26-19-11-9-14(25(28)29)12-17(19)23-22-16(6-3-7-20(22)27)21-15-5-2-1-4-13(15)8-10-18(21)24-23/h1-2,4-5,8-12,23-24,26H,3,6-7H2/t23-/m1/s1. The molecule has 0 radical (unpaired) electrons. The van der Waals surface area contributed by atoms with Crippen molar-refractivity contribution in [2.45, 2.75) is 25.3 Å². The number of rotatable bonds is 2. The van der Waals surface area contributed by atoms with E-state index in [1.165, 1.54) is 18.2 Å². The number of aromatic hydroxyl groups is 1. The predicted molar refractivity (Wildman–Crippen MR) is 111 cm³/mol. The topological polar surface area (TPSA) is 92.5 Å². The van der Waals surface area contributed by atoms with Gasteiger partial charge in [-0.05, 0) is 41.3 Å². The second-order valence-corrected chi connectivity index (χ2v) is 7.46. The van der Waals surface area contributed by atoms with Gasteiger partial charge in [-0.15, -0.1) is 0 Å². The molecule has 3 aromatic rings. The number of phenols is 1. The van der Waals surface area contributed by atoms with Gasteiger partial charge in [0.05, 0.1) is 11.0 Å². The normalized spacial score (nSPS) is 18.2. The van der Waals surface area contributed by atoms with Crippen LogP contribution in [0.3, 0.4) is 0 Å². The summed E-state index contributed by atoms with van der Waals surface area (Å²) in [5, 5.41) is 27.3. The van der Waals surface area contributed by atoms with Crippen molar-refractivity contribution in [2.24, 2.45) is 0 Å². The maximum absolute atomic E-state index is 13.0. The fraction of sp³-hybridized carbons (Fsp3) is 0.174. The van der Waals surface area contributed by atoms with Crippen LogP contribution >= 0.6 is 0 Å². The van der Waals surface area contributed by atoms with Crippen LogP contribution in [0.2, 0.25) is 0 Å². The Labute approximate surface area is 166 Å². The Bertz CT molecular complexity index is 1230. The number of nitrogens with one attached hydrogen (secondary N) is 1. The lowest BCUT2D eigenvalue weighted by molar-refractivity contribution is -0.384. The molecule has 0 spiro atoms. The van der Waals surface area contributed by atoms with Crippen molar-refractivity contribution in [1.82, 2.24) is 0 Å². The summed E-state index contributed by atoms with van der Waals surface area (Å²) in [6, 6.07) is 15.4. The van der Waals surface area contributed by atoms with E-state index in [1.54, 1.807) is 0 Å². The lowest BCUT2D eigenvalue weighted by Gasteiger charge is -2.35. The number of nitrogens with zero attached hydrogens (tertiary/aromatic N) is 1. The molecule has 1 aliphatic carbocycles. The molecule has 144 valence electrons. The minimum Gasteiger partial charge on any atom is -0.508 e. The Morgan fingerprint density at radius 3 is 2.72 bits per heavy atom. The van der Waals surface area contributed by atoms with Crippen LogP contribution in [-0.4, -0.2) is 15.8 Å². The Kier molecular flexibility index (Phi) is 3.87. The third kappa shape index (κ3) is 2.68. The molecule has 0 amide bonds. The molecular weight excluding hydrogens is 368 g/mol. The van der Waals surface area contributed by atoms with Crippen LogP contribution in [-0.2, 0) is 4.79 Å². The smallest absolute Gasteiger partial charge is 0.270 e. The highest BCUT2D eigenvalue weighted by Gasteiger charge is 2.36. The average molecular weight is 386 g/mol. The van der Waals surface area contributed by atoms with Crippen LogP contribution in [0.4, 0.5) is 11.4 Å². The average Bonchev–Trinajstić information content (AvgIpc) is 2.73. The molecule has 2 N–H and O–H groups in total. The minimum absolute atomic E-state index is 0.0215. The van der Waals surface area contributed by atoms with E-state index in [9.17, 15) is 20.0 Å². The van der Waals surface area contributed by atoms with Crippen LogP contribution in [0, 0.1) is 10.1 Å². The zero-order chi connectivity index (χ0) is 20.1. The van der Waals surface area contributed by atoms with Gasteiger partial charge in [-0.1, -0.05) is 30.3 Å². The van der Waals surface area contributed by atoms with Crippen molar-refractivity contribution < 1.29 is 14.8 Å². The van der Waals surface area contributed by atoms with E-state index in [4.69, 9.17) is 0 Å². The van der Waals surface area contributed by atoms with Crippen LogP contribution in [0.25, 0.3) is 16.3 Å². The van der Waals surface area contributed by atoms with Crippen LogP contribution in [0.1, 0.15) is 36.4 Å². The Morgan fingerprint density at radius 1 is 1.07 bits per heavy atom. The third-order valence-electron chi connectivity index (χ3n) is 5.81. The molecule has 2 aliphatic rings. The van der Waals surface area contributed by atoms with E-state index in [0.717, 1.165) is 40.4 Å². The number of anilines is 1. The number of non-ortho nitro benzene ring substituents is 1. The summed E-state index contributed by atoms with van der Waals surface area (Å²) >= 11 is 0. The van der Waals surface area contributed by atoms with E-state index >= 15 is 0 Å². The monoisotopic (exact) mass is 386 g/mol. The molecule has 0 fully saturated rings. The van der Waals surface area contributed by atoms with Gasteiger partial charge >= 0.3 is 0 Å². The Morgan fingerprint density at radius 2 is 1.90 bits per heavy atom. The first kappa shape index (κ1) is 17.4. The lowest BCUT2D eigenvalue weighted by atomic mass is 9.76. The van der Waals surface area contributed by atoms with Gasteiger partial charge in [-0.2, -0.15) is 0 Å². The lowest BCUT2D eigenvalue weighted by Crippen LogP contribution is -2.27. The van der Waals surface area contributed by atoms with Crippen molar-refractivity contribution in [3.63, 3.8) is 0 Å². The summed E-state index contributed by atoms with van der Waals surface area (Å²) in [4.78, 5) is 23.7. The zero-order valence-electron chi connectivity index (χ0n) is 15.5. The van der Waals surface area contributed by atoms with E-state index in [2.05, 4.69) is 5.32 Å². The van der Waals surface area contributed by atoms with E-state index < -0.39 is 11.0 Å². The number of nitro benzene ring substituents is 1.